The maximum atomic E-state index is 6.45. The van der Waals surface area contributed by atoms with Crippen molar-refractivity contribution < 1.29 is 9.47 Å². The molecule has 1 aliphatic rings. The first-order valence-corrected chi connectivity index (χ1v) is 12.2. The average molecular weight is 477 g/mol. The van der Waals surface area contributed by atoms with Crippen molar-refractivity contribution >= 4 is 21.6 Å². The van der Waals surface area contributed by atoms with Crippen LogP contribution in [-0.2, 0) is 17.9 Å². The fourth-order valence-corrected chi connectivity index (χ4v) is 5.24. The summed E-state index contributed by atoms with van der Waals surface area (Å²) >= 11 is 1.54. The predicted octanol–water partition coefficient (Wildman–Crippen LogP) is 3.72. The third-order valence-corrected chi connectivity index (χ3v) is 6.83. The minimum atomic E-state index is -0.454. The smallest absolute Gasteiger partial charge is 0.316 e. The Morgan fingerprint density at radius 1 is 1.12 bits per heavy atom. The van der Waals surface area contributed by atoms with Crippen LogP contribution in [0.2, 0.25) is 0 Å². The molecule has 4 heterocycles. The van der Waals surface area contributed by atoms with E-state index >= 15 is 0 Å². The standard InChI is InChI=1S/C25H28N6O2S/c1-16-12-31(13-17(2)33-16)14-18-4-3-5-19(10-18)15-32-25-28-9-6-20(30-25)23(26)24-29-21-11-27-8-7-22(21)34-24/h3-11,16-17,23H,12-15,26H2,1-2H3. The van der Waals surface area contributed by atoms with Crippen molar-refractivity contribution in [2.45, 2.75) is 45.2 Å². The summed E-state index contributed by atoms with van der Waals surface area (Å²) in [5.74, 6) is 0. The number of aromatic nitrogens is 4. The van der Waals surface area contributed by atoms with Gasteiger partial charge in [-0.2, -0.15) is 4.98 Å². The van der Waals surface area contributed by atoms with Gasteiger partial charge in [0.1, 0.15) is 17.7 Å². The van der Waals surface area contributed by atoms with Crippen LogP contribution in [0.3, 0.4) is 0 Å². The molecule has 3 unspecified atom stereocenters. The van der Waals surface area contributed by atoms with Gasteiger partial charge < -0.3 is 15.2 Å². The van der Waals surface area contributed by atoms with E-state index in [0.29, 0.717) is 18.3 Å². The predicted molar refractivity (Wildman–Crippen MR) is 132 cm³/mol. The van der Waals surface area contributed by atoms with Gasteiger partial charge in [0, 0.05) is 32.0 Å². The summed E-state index contributed by atoms with van der Waals surface area (Å²) in [5.41, 5.74) is 10.3. The Kier molecular flexibility index (Phi) is 6.77. The molecule has 4 aromatic rings. The lowest BCUT2D eigenvalue weighted by atomic mass is 10.1. The monoisotopic (exact) mass is 476 g/mol. The van der Waals surface area contributed by atoms with Crippen LogP contribution in [0, 0.1) is 0 Å². The Hall–Kier alpha value is -2.98. The zero-order valence-corrected chi connectivity index (χ0v) is 20.1. The summed E-state index contributed by atoms with van der Waals surface area (Å²) in [6, 6.07) is 12.0. The van der Waals surface area contributed by atoms with Gasteiger partial charge in [-0.05, 0) is 37.1 Å². The molecule has 34 heavy (non-hydrogen) atoms. The lowest BCUT2D eigenvalue weighted by Crippen LogP contribution is -2.44. The maximum Gasteiger partial charge on any atom is 0.316 e. The number of hydrogen-bond acceptors (Lipinski definition) is 9. The van der Waals surface area contributed by atoms with Crippen LogP contribution in [0.25, 0.3) is 10.2 Å². The van der Waals surface area contributed by atoms with E-state index < -0.39 is 6.04 Å². The van der Waals surface area contributed by atoms with Crippen molar-refractivity contribution in [2.75, 3.05) is 13.1 Å². The summed E-state index contributed by atoms with van der Waals surface area (Å²) in [5, 5.41) is 0.784. The normalized spacial score (nSPS) is 19.9. The van der Waals surface area contributed by atoms with E-state index in [-0.39, 0.29) is 12.2 Å². The van der Waals surface area contributed by atoms with Crippen LogP contribution in [0.4, 0.5) is 0 Å². The zero-order valence-electron chi connectivity index (χ0n) is 19.3. The van der Waals surface area contributed by atoms with E-state index in [0.717, 1.165) is 40.4 Å². The third-order valence-electron chi connectivity index (χ3n) is 5.71. The van der Waals surface area contributed by atoms with Crippen molar-refractivity contribution in [1.29, 1.82) is 0 Å². The molecule has 0 radical (unpaired) electrons. The Balaban J connectivity index is 1.23. The molecule has 0 bridgehead atoms. The molecule has 2 N–H and O–H groups in total. The maximum absolute atomic E-state index is 6.45. The second kappa shape index (κ2) is 10.1. The molecule has 0 aliphatic carbocycles. The van der Waals surface area contributed by atoms with Crippen LogP contribution in [0.1, 0.15) is 41.7 Å². The van der Waals surface area contributed by atoms with Crippen molar-refractivity contribution in [1.82, 2.24) is 24.8 Å². The first-order valence-electron chi connectivity index (χ1n) is 11.4. The van der Waals surface area contributed by atoms with Crippen LogP contribution in [-0.4, -0.2) is 50.1 Å². The SMILES string of the molecule is CC1CN(Cc2cccc(COc3nccc(C(N)c4nc5cnccc5s4)n3)c2)CC(C)O1. The molecule has 0 spiro atoms. The van der Waals surface area contributed by atoms with Gasteiger partial charge in [-0.15, -0.1) is 11.3 Å². The molecule has 1 aromatic carbocycles. The number of hydrogen-bond donors (Lipinski definition) is 1. The van der Waals surface area contributed by atoms with Crippen molar-refractivity contribution in [3.05, 3.63) is 76.8 Å². The molecule has 176 valence electrons. The molecule has 3 aromatic heterocycles. The van der Waals surface area contributed by atoms with Gasteiger partial charge in [-0.3, -0.25) is 9.88 Å². The van der Waals surface area contributed by atoms with Crippen LogP contribution >= 0.6 is 11.3 Å². The van der Waals surface area contributed by atoms with Gasteiger partial charge >= 0.3 is 6.01 Å². The summed E-state index contributed by atoms with van der Waals surface area (Å²) < 4.78 is 12.8. The number of thiazole rings is 1. The minimum absolute atomic E-state index is 0.255. The highest BCUT2D eigenvalue weighted by molar-refractivity contribution is 7.18. The first-order chi connectivity index (χ1) is 16.5. The number of fused-ring (bicyclic) bond motifs is 1. The Labute approximate surface area is 202 Å². The molecular weight excluding hydrogens is 448 g/mol. The molecule has 9 heteroatoms. The summed E-state index contributed by atoms with van der Waals surface area (Å²) in [6.45, 7) is 7.41. The van der Waals surface area contributed by atoms with E-state index in [1.807, 2.05) is 6.07 Å². The van der Waals surface area contributed by atoms with E-state index in [1.165, 1.54) is 5.56 Å². The quantitative estimate of drug-likeness (QED) is 0.431. The molecule has 1 fully saturated rings. The number of rotatable bonds is 7. The average Bonchev–Trinajstić information content (AvgIpc) is 3.26. The van der Waals surface area contributed by atoms with Gasteiger partial charge in [-0.25, -0.2) is 9.97 Å². The molecule has 3 atom stereocenters. The Morgan fingerprint density at radius 3 is 2.76 bits per heavy atom. The number of pyridine rings is 1. The molecule has 1 aliphatic heterocycles. The van der Waals surface area contributed by atoms with Gasteiger partial charge in [-0.1, -0.05) is 24.3 Å². The van der Waals surface area contributed by atoms with E-state index in [2.05, 4.69) is 62.9 Å². The van der Waals surface area contributed by atoms with E-state index in [1.54, 1.807) is 36.0 Å². The molecule has 0 amide bonds. The highest BCUT2D eigenvalue weighted by atomic mass is 32.1. The topological polar surface area (TPSA) is 99.3 Å². The van der Waals surface area contributed by atoms with Crippen molar-refractivity contribution in [2.24, 2.45) is 5.73 Å². The van der Waals surface area contributed by atoms with Crippen LogP contribution in [0.5, 0.6) is 6.01 Å². The fraction of sp³-hybridized carbons (Fsp3) is 0.360. The first kappa shape index (κ1) is 22.8. The van der Waals surface area contributed by atoms with Crippen molar-refractivity contribution in [3.8, 4) is 6.01 Å². The minimum Gasteiger partial charge on any atom is -0.459 e. The number of nitrogens with zero attached hydrogens (tertiary/aromatic N) is 5. The molecule has 8 nitrogen and oxygen atoms in total. The highest BCUT2D eigenvalue weighted by Crippen LogP contribution is 2.28. The van der Waals surface area contributed by atoms with Gasteiger partial charge in [0.05, 0.1) is 34.3 Å². The molecule has 1 saturated heterocycles. The van der Waals surface area contributed by atoms with Gasteiger partial charge in [0.15, 0.2) is 0 Å². The van der Waals surface area contributed by atoms with Crippen molar-refractivity contribution in [3.63, 3.8) is 0 Å². The number of morpholine rings is 1. The second-order valence-corrected chi connectivity index (χ2v) is 9.76. The summed E-state index contributed by atoms with van der Waals surface area (Å²) in [4.78, 5) is 20.0. The largest absolute Gasteiger partial charge is 0.459 e. The van der Waals surface area contributed by atoms with E-state index in [4.69, 9.17) is 15.2 Å². The molecule has 5 rings (SSSR count). The summed E-state index contributed by atoms with van der Waals surface area (Å²) in [7, 11) is 0. The Bertz CT molecular complexity index is 1220. The number of nitrogens with two attached hydrogens (primary N) is 1. The summed E-state index contributed by atoms with van der Waals surface area (Å²) in [6.07, 6.45) is 5.67. The molecule has 0 saturated carbocycles. The zero-order chi connectivity index (χ0) is 23.5. The van der Waals surface area contributed by atoms with E-state index in [9.17, 15) is 0 Å². The van der Waals surface area contributed by atoms with Gasteiger partial charge in [0.25, 0.3) is 0 Å². The Morgan fingerprint density at radius 2 is 1.94 bits per heavy atom. The van der Waals surface area contributed by atoms with Gasteiger partial charge in [0.2, 0.25) is 0 Å². The lowest BCUT2D eigenvalue weighted by molar-refractivity contribution is -0.0704. The number of benzene rings is 1. The molecular formula is C25H28N6O2S. The highest BCUT2D eigenvalue weighted by Gasteiger charge is 2.22. The third kappa shape index (κ3) is 5.39. The fourth-order valence-electron chi connectivity index (χ4n) is 4.29. The second-order valence-electron chi connectivity index (χ2n) is 8.70. The van der Waals surface area contributed by atoms with Crippen LogP contribution in [0.15, 0.2) is 55.0 Å². The lowest BCUT2D eigenvalue weighted by Gasteiger charge is -2.35. The van der Waals surface area contributed by atoms with Crippen LogP contribution < -0.4 is 10.5 Å². The number of ether oxygens (including phenoxy) is 2.